The largest absolute Gasteiger partial charge is 0.384 e. The summed E-state index contributed by atoms with van der Waals surface area (Å²) in [6.07, 6.45) is 1.90. The number of likely N-dealkylation sites (N-methyl/N-ethyl adjacent to an activating group) is 1. The molecule has 29 heavy (non-hydrogen) atoms. The summed E-state index contributed by atoms with van der Waals surface area (Å²) in [6, 6.07) is 6.12. The minimum atomic E-state index is -0.943. The molecule has 7 nitrogen and oxygen atoms in total. The van der Waals surface area contributed by atoms with Gasteiger partial charge in [0.2, 0.25) is 0 Å². The molecule has 3 N–H and O–H groups in total. The van der Waals surface area contributed by atoms with Crippen LogP contribution in [-0.4, -0.2) is 67.3 Å². The third-order valence-electron chi connectivity index (χ3n) is 5.14. The number of hydrogen-bond donors (Lipinski definition) is 3. The first-order valence-corrected chi connectivity index (χ1v) is 11.1. The van der Waals surface area contributed by atoms with E-state index in [0.717, 1.165) is 49.7 Å². The highest BCUT2D eigenvalue weighted by Gasteiger charge is 2.23. The molecule has 158 valence electrons. The maximum atomic E-state index is 10.7. The van der Waals surface area contributed by atoms with Gasteiger partial charge in [-0.1, -0.05) is 6.07 Å². The highest BCUT2D eigenvalue weighted by molar-refractivity contribution is 7.08. The summed E-state index contributed by atoms with van der Waals surface area (Å²) < 4.78 is 0. The van der Waals surface area contributed by atoms with Crippen LogP contribution in [0.2, 0.25) is 0 Å². The van der Waals surface area contributed by atoms with Gasteiger partial charge in [-0.2, -0.15) is 11.3 Å². The van der Waals surface area contributed by atoms with Crippen LogP contribution in [0.25, 0.3) is 0 Å². The SMILES string of the molecule is CCNC(=NCc1ccc(N2CCN(C)CC2)nc1)NCC(C)(O)c1ccsc1. The fourth-order valence-corrected chi connectivity index (χ4v) is 3.96. The first-order valence-electron chi connectivity index (χ1n) is 10.1. The van der Waals surface area contributed by atoms with Gasteiger partial charge in [-0.15, -0.1) is 0 Å². The number of hydrogen-bond acceptors (Lipinski definition) is 6. The monoisotopic (exact) mass is 416 g/mol. The minimum Gasteiger partial charge on any atom is -0.384 e. The molecule has 8 heteroatoms. The van der Waals surface area contributed by atoms with Crippen molar-refractivity contribution in [2.24, 2.45) is 4.99 Å². The van der Waals surface area contributed by atoms with E-state index < -0.39 is 5.60 Å². The molecule has 3 heterocycles. The number of piperazine rings is 1. The van der Waals surface area contributed by atoms with Gasteiger partial charge in [-0.05, 0) is 54.9 Å². The Bertz CT molecular complexity index is 767. The van der Waals surface area contributed by atoms with Gasteiger partial charge in [0.1, 0.15) is 11.4 Å². The number of thiophene rings is 1. The van der Waals surface area contributed by atoms with Crippen LogP contribution < -0.4 is 15.5 Å². The Balaban J connectivity index is 1.56. The number of anilines is 1. The van der Waals surface area contributed by atoms with E-state index in [2.05, 4.69) is 49.6 Å². The molecular weight excluding hydrogens is 384 g/mol. The van der Waals surface area contributed by atoms with Crippen molar-refractivity contribution in [3.05, 3.63) is 46.3 Å². The molecule has 0 bridgehead atoms. The average molecular weight is 417 g/mol. The number of aromatic nitrogens is 1. The lowest BCUT2D eigenvalue weighted by Gasteiger charge is -2.33. The Labute approximate surface area is 177 Å². The standard InChI is InChI=1S/C21H32N6OS/c1-4-22-20(25-16-21(2,28)18-7-12-29-15-18)24-14-17-5-6-19(23-13-17)27-10-8-26(3)9-11-27/h5-7,12-13,15,28H,4,8-11,14,16H2,1-3H3,(H2,22,24,25). The smallest absolute Gasteiger partial charge is 0.191 e. The molecule has 1 fully saturated rings. The number of nitrogens with one attached hydrogen (secondary N) is 2. The summed E-state index contributed by atoms with van der Waals surface area (Å²) >= 11 is 1.58. The number of rotatable bonds is 7. The molecule has 0 aromatic carbocycles. The van der Waals surface area contributed by atoms with Crippen molar-refractivity contribution in [2.75, 3.05) is 51.2 Å². The van der Waals surface area contributed by atoms with E-state index in [1.807, 2.05) is 36.9 Å². The lowest BCUT2D eigenvalue weighted by atomic mass is 9.99. The summed E-state index contributed by atoms with van der Waals surface area (Å²) in [5, 5.41) is 21.1. The molecule has 0 aliphatic carbocycles. The summed E-state index contributed by atoms with van der Waals surface area (Å²) in [5.74, 6) is 1.72. The molecule has 0 spiro atoms. The third-order valence-corrected chi connectivity index (χ3v) is 5.83. The van der Waals surface area contributed by atoms with Crippen molar-refractivity contribution in [2.45, 2.75) is 26.0 Å². The predicted octanol–water partition coefficient (Wildman–Crippen LogP) is 1.86. The summed E-state index contributed by atoms with van der Waals surface area (Å²) in [4.78, 5) is 13.9. The Hall–Kier alpha value is -2.16. The van der Waals surface area contributed by atoms with Gasteiger partial charge in [0.15, 0.2) is 5.96 Å². The zero-order chi connectivity index (χ0) is 20.7. The van der Waals surface area contributed by atoms with Crippen LogP contribution in [0, 0.1) is 0 Å². The van der Waals surface area contributed by atoms with Gasteiger partial charge in [-0.25, -0.2) is 9.98 Å². The van der Waals surface area contributed by atoms with Gasteiger partial charge in [0, 0.05) is 38.9 Å². The molecule has 1 aliphatic rings. The summed E-state index contributed by atoms with van der Waals surface area (Å²) in [7, 11) is 2.15. The van der Waals surface area contributed by atoms with Crippen molar-refractivity contribution in [3.8, 4) is 0 Å². The van der Waals surface area contributed by atoms with Gasteiger partial charge in [0.25, 0.3) is 0 Å². The molecule has 0 radical (unpaired) electrons. The Morgan fingerprint density at radius 2 is 2.03 bits per heavy atom. The van der Waals surface area contributed by atoms with Crippen LogP contribution in [0.1, 0.15) is 25.0 Å². The van der Waals surface area contributed by atoms with Gasteiger partial charge in [-0.3, -0.25) is 0 Å². The molecule has 2 aromatic heterocycles. The number of nitrogens with zero attached hydrogens (tertiary/aromatic N) is 4. The van der Waals surface area contributed by atoms with E-state index in [4.69, 9.17) is 0 Å². The first-order chi connectivity index (χ1) is 14.0. The zero-order valence-electron chi connectivity index (χ0n) is 17.6. The molecule has 1 saturated heterocycles. The quantitative estimate of drug-likeness (QED) is 0.473. The molecule has 0 saturated carbocycles. The molecule has 0 amide bonds. The van der Waals surface area contributed by atoms with E-state index in [0.29, 0.717) is 19.0 Å². The van der Waals surface area contributed by atoms with Crippen LogP contribution in [0.3, 0.4) is 0 Å². The van der Waals surface area contributed by atoms with Crippen molar-refractivity contribution in [3.63, 3.8) is 0 Å². The van der Waals surface area contributed by atoms with E-state index in [1.54, 1.807) is 11.3 Å². The van der Waals surface area contributed by atoms with Gasteiger partial charge in [0.05, 0.1) is 13.1 Å². The fourth-order valence-electron chi connectivity index (χ4n) is 3.17. The molecule has 1 unspecified atom stereocenters. The molecule has 1 atom stereocenters. The minimum absolute atomic E-state index is 0.385. The second-order valence-electron chi connectivity index (χ2n) is 7.65. The second-order valence-corrected chi connectivity index (χ2v) is 8.43. The topological polar surface area (TPSA) is 76.0 Å². The average Bonchev–Trinajstić information content (AvgIpc) is 3.27. The third kappa shape index (κ3) is 6.16. The maximum Gasteiger partial charge on any atom is 0.191 e. The predicted molar refractivity (Wildman–Crippen MR) is 121 cm³/mol. The molecule has 2 aromatic rings. The highest BCUT2D eigenvalue weighted by Crippen LogP contribution is 2.22. The number of aliphatic hydroxyl groups is 1. The van der Waals surface area contributed by atoms with E-state index in [1.165, 1.54) is 0 Å². The summed E-state index contributed by atoms with van der Waals surface area (Å²) in [6.45, 7) is 9.68. The molecular formula is C21H32N6OS. The van der Waals surface area contributed by atoms with Crippen LogP contribution in [0.5, 0.6) is 0 Å². The molecule has 1 aliphatic heterocycles. The Morgan fingerprint density at radius 1 is 1.24 bits per heavy atom. The zero-order valence-corrected chi connectivity index (χ0v) is 18.4. The van der Waals surface area contributed by atoms with E-state index in [-0.39, 0.29) is 0 Å². The van der Waals surface area contributed by atoms with E-state index in [9.17, 15) is 5.11 Å². The van der Waals surface area contributed by atoms with Crippen molar-refractivity contribution in [1.29, 1.82) is 0 Å². The second kappa shape index (κ2) is 10.0. The summed E-state index contributed by atoms with van der Waals surface area (Å²) in [5.41, 5.74) is 1.03. The van der Waals surface area contributed by atoms with Gasteiger partial charge >= 0.3 is 0 Å². The van der Waals surface area contributed by atoms with Crippen LogP contribution in [0.4, 0.5) is 5.82 Å². The van der Waals surface area contributed by atoms with Crippen LogP contribution >= 0.6 is 11.3 Å². The van der Waals surface area contributed by atoms with Crippen molar-refractivity contribution < 1.29 is 5.11 Å². The van der Waals surface area contributed by atoms with Crippen molar-refractivity contribution in [1.82, 2.24) is 20.5 Å². The van der Waals surface area contributed by atoms with Crippen molar-refractivity contribution >= 4 is 23.1 Å². The number of guanidine groups is 1. The van der Waals surface area contributed by atoms with E-state index >= 15 is 0 Å². The molecule has 3 rings (SSSR count). The lowest BCUT2D eigenvalue weighted by molar-refractivity contribution is 0.0621. The maximum absolute atomic E-state index is 10.7. The normalized spacial score (nSPS) is 17.8. The first kappa shape index (κ1) is 21.5. The van der Waals surface area contributed by atoms with Crippen LogP contribution in [-0.2, 0) is 12.1 Å². The Kier molecular flexibility index (Phi) is 7.46. The lowest BCUT2D eigenvalue weighted by Crippen LogP contribution is -2.44. The highest BCUT2D eigenvalue weighted by atomic mass is 32.1. The number of pyridine rings is 1. The van der Waals surface area contributed by atoms with Gasteiger partial charge < -0.3 is 25.5 Å². The fraction of sp³-hybridized carbons (Fsp3) is 0.524. The Morgan fingerprint density at radius 3 is 2.66 bits per heavy atom. The van der Waals surface area contributed by atoms with Crippen LogP contribution in [0.15, 0.2) is 40.1 Å². The number of aliphatic imine (C=N–C) groups is 1.